The molecule has 4 N–H and O–H groups in total. The molecule has 0 saturated carbocycles. The number of hydrogen-bond donors (Lipinski definition) is 3. The molecule has 0 aliphatic heterocycles. The van der Waals surface area contributed by atoms with Crippen LogP contribution in [0.1, 0.15) is 24.2 Å². The van der Waals surface area contributed by atoms with Gasteiger partial charge in [0.15, 0.2) is 16.6 Å². The number of anilines is 1. The van der Waals surface area contributed by atoms with E-state index in [9.17, 15) is 9.90 Å². The number of aromatic hydroxyl groups is 1. The van der Waals surface area contributed by atoms with Gasteiger partial charge in [-0.15, -0.1) is 0 Å². The molecule has 1 aromatic carbocycles. The second-order valence-electron chi connectivity index (χ2n) is 4.04. The van der Waals surface area contributed by atoms with Crippen LogP contribution >= 0.6 is 12.2 Å². The van der Waals surface area contributed by atoms with E-state index in [0.29, 0.717) is 18.7 Å². The molecule has 20 heavy (non-hydrogen) atoms. The fraction of sp³-hybridized carbons (Fsp3) is 0.385. The third-order valence-corrected chi connectivity index (χ3v) is 2.95. The highest BCUT2D eigenvalue weighted by atomic mass is 32.1. The summed E-state index contributed by atoms with van der Waals surface area (Å²) < 4.78 is 5.06. The van der Waals surface area contributed by atoms with Crippen LogP contribution in [0.4, 0.5) is 5.69 Å². The van der Waals surface area contributed by atoms with Crippen molar-refractivity contribution >= 4 is 28.9 Å². The maximum atomic E-state index is 12.3. The summed E-state index contributed by atoms with van der Waals surface area (Å²) in [5.74, 6) is -0.113. The molecule has 0 bridgehead atoms. The van der Waals surface area contributed by atoms with Crippen LogP contribution < -0.4 is 15.8 Å². The van der Waals surface area contributed by atoms with E-state index in [4.69, 9.17) is 22.7 Å². The Morgan fingerprint density at radius 1 is 1.45 bits per heavy atom. The molecule has 0 unspecified atom stereocenters. The molecule has 0 radical (unpaired) electrons. The molecule has 1 aromatic rings. The number of carbonyl (C=O) groups is 1. The van der Waals surface area contributed by atoms with Gasteiger partial charge in [0.1, 0.15) is 0 Å². The number of carbonyl (C=O) groups excluding carboxylic acids is 1. The van der Waals surface area contributed by atoms with Gasteiger partial charge in [0.25, 0.3) is 5.91 Å². The Balaban J connectivity index is 3.26. The highest BCUT2D eigenvalue weighted by Gasteiger charge is 2.18. The molecule has 1 rings (SSSR count). The minimum Gasteiger partial charge on any atom is -0.503 e. The lowest BCUT2D eigenvalue weighted by Crippen LogP contribution is -2.30. The topological polar surface area (TPSA) is 87.8 Å². The summed E-state index contributed by atoms with van der Waals surface area (Å²) in [5.41, 5.74) is 6.03. The van der Waals surface area contributed by atoms with E-state index < -0.39 is 0 Å². The smallest absolute Gasteiger partial charge is 0.254 e. The number of ether oxygens (including phenoxy) is 1. The van der Waals surface area contributed by atoms with Gasteiger partial charge in [-0.25, -0.2) is 0 Å². The predicted octanol–water partition coefficient (Wildman–Crippen LogP) is 1.54. The van der Waals surface area contributed by atoms with Crippen LogP contribution in [0, 0.1) is 0 Å². The summed E-state index contributed by atoms with van der Waals surface area (Å²) in [6.07, 6.45) is 0. The third-order valence-electron chi connectivity index (χ3n) is 2.85. The lowest BCUT2D eigenvalue weighted by molar-refractivity contribution is 0.0772. The number of rotatable bonds is 5. The maximum Gasteiger partial charge on any atom is 0.254 e. The number of benzene rings is 1. The van der Waals surface area contributed by atoms with E-state index >= 15 is 0 Å². The zero-order valence-electron chi connectivity index (χ0n) is 11.8. The van der Waals surface area contributed by atoms with Gasteiger partial charge in [0.05, 0.1) is 12.8 Å². The van der Waals surface area contributed by atoms with Gasteiger partial charge in [0, 0.05) is 18.7 Å². The van der Waals surface area contributed by atoms with Crippen molar-refractivity contribution in [2.75, 3.05) is 25.5 Å². The van der Waals surface area contributed by atoms with Crippen molar-refractivity contribution in [3.63, 3.8) is 0 Å². The standard InChI is InChI=1S/C13H19N3O3S/c1-4-16(5-2)12(18)8-6-9(15-13(14)20)11(17)10(7-8)19-3/h6-7,17H,4-5H2,1-3H3,(H3,14,15,20). The summed E-state index contributed by atoms with van der Waals surface area (Å²) in [4.78, 5) is 14.0. The normalized spacial score (nSPS) is 9.95. The first-order valence-electron chi connectivity index (χ1n) is 6.21. The van der Waals surface area contributed by atoms with E-state index in [1.807, 2.05) is 13.8 Å². The fourth-order valence-corrected chi connectivity index (χ4v) is 1.92. The molecule has 0 aliphatic carbocycles. The van der Waals surface area contributed by atoms with Crippen LogP contribution in [0.5, 0.6) is 11.5 Å². The van der Waals surface area contributed by atoms with E-state index in [0.717, 1.165) is 0 Å². The molecule has 1 amide bonds. The van der Waals surface area contributed by atoms with Crippen LogP contribution in [-0.2, 0) is 0 Å². The molecule has 0 aromatic heterocycles. The Kier molecular flexibility index (Phi) is 5.57. The lowest BCUT2D eigenvalue weighted by Gasteiger charge is -2.20. The van der Waals surface area contributed by atoms with Crippen molar-refractivity contribution in [2.24, 2.45) is 5.73 Å². The molecule has 0 atom stereocenters. The molecule has 6 nitrogen and oxygen atoms in total. The summed E-state index contributed by atoms with van der Waals surface area (Å²) in [5, 5.41) is 12.6. The summed E-state index contributed by atoms with van der Waals surface area (Å²) >= 11 is 4.74. The van der Waals surface area contributed by atoms with Gasteiger partial charge in [-0.05, 0) is 38.2 Å². The quantitative estimate of drug-likeness (QED) is 0.564. The first-order chi connectivity index (χ1) is 9.44. The second kappa shape index (κ2) is 6.95. The number of thiocarbonyl (C=S) groups is 1. The average molecular weight is 297 g/mol. The number of phenols is 1. The maximum absolute atomic E-state index is 12.3. The zero-order valence-corrected chi connectivity index (χ0v) is 12.6. The monoisotopic (exact) mass is 297 g/mol. The Hall–Kier alpha value is -2.02. The van der Waals surface area contributed by atoms with Gasteiger partial charge in [0.2, 0.25) is 0 Å². The van der Waals surface area contributed by atoms with Crippen LogP contribution in [-0.4, -0.2) is 41.2 Å². The molecule has 0 heterocycles. The molecule has 110 valence electrons. The minimum atomic E-state index is -0.153. The van der Waals surface area contributed by atoms with Gasteiger partial charge in [-0.3, -0.25) is 4.79 Å². The number of phenolic OH excluding ortho intramolecular Hbond substituents is 1. The molecule has 0 fully saturated rings. The fourth-order valence-electron chi connectivity index (χ4n) is 1.81. The highest BCUT2D eigenvalue weighted by Crippen LogP contribution is 2.35. The molecule has 0 aliphatic rings. The number of methoxy groups -OCH3 is 1. The number of amides is 1. The first-order valence-corrected chi connectivity index (χ1v) is 6.62. The average Bonchev–Trinajstić information content (AvgIpc) is 2.41. The van der Waals surface area contributed by atoms with Crippen molar-refractivity contribution in [2.45, 2.75) is 13.8 Å². The minimum absolute atomic E-state index is 0.00482. The molecule has 0 spiro atoms. The second-order valence-corrected chi connectivity index (χ2v) is 4.48. The number of nitrogens with two attached hydrogens (primary N) is 1. The summed E-state index contributed by atoms with van der Waals surface area (Å²) in [7, 11) is 1.41. The van der Waals surface area contributed by atoms with Crippen molar-refractivity contribution < 1.29 is 14.6 Å². The van der Waals surface area contributed by atoms with Crippen LogP contribution in [0.3, 0.4) is 0 Å². The van der Waals surface area contributed by atoms with Gasteiger partial charge < -0.3 is 25.8 Å². The molecular formula is C13H19N3O3S. The Morgan fingerprint density at radius 2 is 2.05 bits per heavy atom. The van der Waals surface area contributed by atoms with Crippen LogP contribution in [0.25, 0.3) is 0 Å². The van der Waals surface area contributed by atoms with E-state index in [2.05, 4.69) is 5.32 Å². The predicted molar refractivity (Wildman–Crippen MR) is 82.3 cm³/mol. The van der Waals surface area contributed by atoms with E-state index in [1.165, 1.54) is 19.2 Å². The van der Waals surface area contributed by atoms with Gasteiger partial charge in [-0.2, -0.15) is 0 Å². The SMILES string of the molecule is CCN(CC)C(=O)c1cc(NC(N)=S)c(O)c(OC)c1. The van der Waals surface area contributed by atoms with Crippen molar-refractivity contribution in [3.8, 4) is 11.5 Å². The Labute approximate surface area is 123 Å². The summed E-state index contributed by atoms with van der Waals surface area (Å²) in [6, 6.07) is 2.98. The largest absolute Gasteiger partial charge is 0.503 e. The first kappa shape index (κ1) is 16.0. The lowest BCUT2D eigenvalue weighted by atomic mass is 10.1. The van der Waals surface area contributed by atoms with Crippen LogP contribution in [0.15, 0.2) is 12.1 Å². The van der Waals surface area contributed by atoms with E-state index in [1.54, 1.807) is 4.90 Å². The van der Waals surface area contributed by atoms with Crippen LogP contribution in [0.2, 0.25) is 0 Å². The summed E-state index contributed by atoms with van der Waals surface area (Å²) in [6.45, 7) is 4.98. The Morgan fingerprint density at radius 3 is 2.50 bits per heavy atom. The molecular weight excluding hydrogens is 278 g/mol. The number of nitrogens with zero attached hydrogens (tertiary/aromatic N) is 1. The number of hydrogen-bond acceptors (Lipinski definition) is 4. The molecule has 0 saturated heterocycles. The van der Waals surface area contributed by atoms with Crippen molar-refractivity contribution in [1.29, 1.82) is 0 Å². The van der Waals surface area contributed by atoms with Crippen molar-refractivity contribution in [3.05, 3.63) is 17.7 Å². The Bertz CT molecular complexity index is 516. The van der Waals surface area contributed by atoms with Gasteiger partial charge >= 0.3 is 0 Å². The third kappa shape index (κ3) is 3.51. The molecule has 7 heteroatoms. The van der Waals surface area contributed by atoms with Gasteiger partial charge in [-0.1, -0.05) is 0 Å². The zero-order chi connectivity index (χ0) is 15.3. The number of nitrogens with one attached hydrogen (secondary N) is 1. The highest BCUT2D eigenvalue weighted by molar-refractivity contribution is 7.80. The van der Waals surface area contributed by atoms with Crippen molar-refractivity contribution in [1.82, 2.24) is 4.90 Å². The van der Waals surface area contributed by atoms with E-state index in [-0.39, 0.29) is 28.2 Å².